The molecule has 2 rings (SSSR count). The molecule has 0 spiro atoms. The van der Waals surface area contributed by atoms with Gasteiger partial charge in [0.25, 0.3) is 5.91 Å². The molecule has 1 aliphatic rings. The van der Waals surface area contributed by atoms with Gasteiger partial charge in [0, 0.05) is 30.9 Å². The maximum atomic E-state index is 12.0. The van der Waals surface area contributed by atoms with Crippen molar-refractivity contribution in [2.24, 2.45) is 0 Å². The van der Waals surface area contributed by atoms with Crippen molar-refractivity contribution in [1.29, 1.82) is 0 Å². The lowest BCUT2D eigenvalue weighted by atomic mass is 10.1. The highest BCUT2D eigenvalue weighted by atomic mass is 16.1. The highest BCUT2D eigenvalue weighted by Crippen LogP contribution is 2.09. The summed E-state index contributed by atoms with van der Waals surface area (Å²) in [6, 6.07) is 7.63. The predicted molar refractivity (Wildman–Crippen MR) is 83.2 cm³/mol. The van der Waals surface area contributed by atoms with Gasteiger partial charge in [0.15, 0.2) is 0 Å². The van der Waals surface area contributed by atoms with Crippen molar-refractivity contribution in [1.82, 2.24) is 10.2 Å². The zero-order valence-electron chi connectivity index (χ0n) is 12.3. The summed E-state index contributed by atoms with van der Waals surface area (Å²) >= 11 is 0. The number of rotatable bonds is 6. The van der Waals surface area contributed by atoms with E-state index in [9.17, 15) is 4.79 Å². The van der Waals surface area contributed by atoms with Crippen molar-refractivity contribution in [2.45, 2.75) is 26.2 Å². The number of carbonyl (C=O) groups is 1. The Labute approximate surface area is 121 Å². The van der Waals surface area contributed by atoms with Crippen molar-refractivity contribution < 1.29 is 4.79 Å². The molecule has 4 heteroatoms. The number of anilines is 1. The fraction of sp³-hybridized carbons (Fsp3) is 0.562. The molecule has 20 heavy (non-hydrogen) atoms. The third-order valence-corrected chi connectivity index (χ3v) is 3.69. The topological polar surface area (TPSA) is 44.4 Å². The molecule has 0 saturated carbocycles. The van der Waals surface area contributed by atoms with E-state index in [0.29, 0.717) is 0 Å². The van der Waals surface area contributed by atoms with Crippen LogP contribution in [-0.2, 0) is 0 Å². The molecule has 1 aromatic rings. The van der Waals surface area contributed by atoms with Crippen molar-refractivity contribution in [2.75, 3.05) is 38.0 Å². The molecular formula is C16H25N3O. The molecule has 1 saturated heterocycles. The summed E-state index contributed by atoms with van der Waals surface area (Å²) in [5, 5.41) is 6.22. The molecule has 0 aromatic heterocycles. The maximum absolute atomic E-state index is 12.0. The Bertz CT molecular complexity index is 410. The van der Waals surface area contributed by atoms with E-state index in [1.165, 1.54) is 32.4 Å². The average molecular weight is 275 g/mol. The number of nitrogens with zero attached hydrogens (tertiary/aromatic N) is 1. The first kappa shape index (κ1) is 14.9. The first-order valence-corrected chi connectivity index (χ1v) is 7.64. The summed E-state index contributed by atoms with van der Waals surface area (Å²) in [4.78, 5) is 14.4. The zero-order valence-corrected chi connectivity index (χ0v) is 12.3. The number of nitrogens with one attached hydrogen (secondary N) is 2. The summed E-state index contributed by atoms with van der Waals surface area (Å²) in [5.74, 6) is 0.0186. The van der Waals surface area contributed by atoms with Gasteiger partial charge in [-0.05, 0) is 57.1 Å². The molecule has 0 aliphatic carbocycles. The molecule has 1 aromatic carbocycles. The minimum atomic E-state index is 0.0186. The van der Waals surface area contributed by atoms with Gasteiger partial charge >= 0.3 is 0 Å². The zero-order chi connectivity index (χ0) is 14.2. The average Bonchev–Trinajstić information content (AvgIpc) is 2.49. The van der Waals surface area contributed by atoms with Gasteiger partial charge in [-0.2, -0.15) is 0 Å². The monoisotopic (exact) mass is 275 g/mol. The van der Waals surface area contributed by atoms with Gasteiger partial charge < -0.3 is 15.5 Å². The van der Waals surface area contributed by atoms with E-state index in [-0.39, 0.29) is 5.91 Å². The molecule has 0 bridgehead atoms. The van der Waals surface area contributed by atoms with Crippen LogP contribution in [0.2, 0.25) is 0 Å². The minimum Gasteiger partial charge on any atom is -0.385 e. The van der Waals surface area contributed by atoms with E-state index in [2.05, 4.69) is 22.5 Å². The van der Waals surface area contributed by atoms with Gasteiger partial charge in [-0.3, -0.25) is 4.79 Å². The van der Waals surface area contributed by atoms with Crippen molar-refractivity contribution >= 4 is 11.6 Å². The molecule has 1 aliphatic heterocycles. The first-order valence-electron chi connectivity index (χ1n) is 7.64. The van der Waals surface area contributed by atoms with Gasteiger partial charge in [0.2, 0.25) is 0 Å². The van der Waals surface area contributed by atoms with Gasteiger partial charge in [0.05, 0.1) is 0 Å². The lowest BCUT2D eigenvalue weighted by molar-refractivity contribution is 0.0946. The summed E-state index contributed by atoms with van der Waals surface area (Å²) < 4.78 is 0. The second-order valence-corrected chi connectivity index (χ2v) is 5.27. The number of carbonyl (C=O) groups excluding carboxylic acids is 1. The van der Waals surface area contributed by atoms with Gasteiger partial charge in [0.1, 0.15) is 0 Å². The predicted octanol–water partition coefficient (Wildman–Crippen LogP) is 2.33. The number of hydrogen-bond donors (Lipinski definition) is 2. The van der Waals surface area contributed by atoms with E-state index in [1.807, 2.05) is 24.3 Å². The molecule has 4 nitrogen and oxygen atoms in total. The lowest BCUT2D eigenvalue weighted by Gasteiger charge is -2.26. The second kappa shape index (κ2) is 7.90. The van der Waals surface area contributed by atoms with E-state index < -0.39 is 0 Å². The molecule has 0 atom stereocenters. The summed E-state index contributed by atoms with van der Waals surface area (Å²) in [5.41, 5.74) is 1.78. The van der Waals surface area contributed by atoms with Crippen LogP contribution in [-0.4, -0.2) is 43.5 Å². The Kier molecular flexibility index (Phi) is 5.87. The van der Waals surface area contributed by atoms with Crippen LogP contribution < -0.4 is 10.6 Å². The molecule has 0 radical (unpaired) electrons. The largest absolute Gasteiger partial charge is 0.385 e. The van der Waals surface area contributed by atoms with Gasteiger partial charge in [-0.1, -0.05) is 6.42 Å². The van der Waals surface area contributed by atoms with Gasteiger partial charge in [-0.25, -0.2) is 0 Å². The number of hydrogen-bond acceptors (Lipinski definition) is 3. The van der Waals surface area contributed by atoms with Crippen LogP contribution >= 0.6 is 0 Å². The van der Waals surface area contributed by atoms with Crippen LogP contribution in [0.15, 0.2) is 24.3 Å². The molecule has 1 heterocycles. The SMILES string of the molecule is CCNc1ccc(C(=O)NCCN2CCCCC2)cc1. The fourth-order valence-corrected chi connectivity index (χ4v) is 2.56. The molecule has 0 unspecified atom stereocenters. The number of benzene rings is 1. The number of amides is 1. The summed E-state index contributed by atoms with van der Waals surface area (Å²) in [6.07, 6.45) is 3.93. The summed E-state index contributed by atoms with van der Waals surface area (Å²) in [7, 11) is 0. The van der Waals surface area contributed by atoms with Crippen LogP contribution in [0.4, 0.5) is 5.69 Å². The summed E-state index contributed by atoms with van der Waals surface area (Å²) in [6.45, 7) is 6.98. The number of piperidine rings is 1. The van der Waals surface area contributed by atoms with Gasteiger partial charge in [-0.15, -0.1) is 0 Å². The minimum absolute atomic E-state index is 0.0186. The van der Waals surface area contributed by atoms with Crippen LogP contribution in [0, 0.1) is 0 Å². The third kappa shape index (κ3) is 4.53. The molecular weight excluding hydrogens is 250 g/mol. The Morgan fingerprint density at radius 3 is 2.50 bits per heavy atom. The Morgan fingerprint density at radius 2 is 1.85 bits per heavy atom. The van der Waals surface area contributed by atoms with Crippen molar-refractivity contribution in [3.63, 3.8) is 0 Å². The van der Waals surface area contributed by atoms with Crippen LogP contribution in [0.3, 0.4) is 0 Å². The lowest BCUT2D eigenvalue weighted by Crippen LogP contribution is -2.37. The molecule has 1 amide bonds. The van der Waals surface area contributed by atoms with E-state index >= 15 is 0 Å². The third-order valence-electron chi connectivity index (χ3n) is 3.69. The van der Waals surface area contributed by atoms with E-state index in [1.54, 1.807) is 0 Å². The highest BCUT2D eigenvalue weighted by molar-refractivity contribution is 5.94. The fourth-order valence-electron chi connectivity index (χ4n) is 2.56. The molecule has 110 valence electrons. The van der Waals surface area contributed by atoms with Crippen LogP contribution in [0.5, 0.6) is 0 Å². The Hall–Kier alpha value is -1.55. The van der Waals surface area contributed by atoms with Crippen LogP contribution in [0.25, 0.3) is 0 Å². The molecule has 1 fully saturated rings. The maximum Gasteiger partial charge on any atom is 0.251 e. The van der Waals surface area contributed by atoms with Crippen molar-refractivity contribution in [3.05, 3.63) is 29.8 Å². The standard InChI is InChI=1S/C16H25N3O/c1-2-17-15-8-6-14(7-9-15)16(20)18-10-13-19-11-4-3-5-12-19/h6-9,17H,2-5,10-13H2,1H3,(H,18,20). The normalized spacial score (nSPS) is 15.8. The Morgan fingerprint density at radius 1 is 1.15 bits per heavy atom. The highest BCUT2D eigenvalue weighted by Gasteiger charge is 2.10. The van der Waals surface area contributed by atoms with Crippen LogP contribution in [0.1, 0.15) is 36.5 Å². The quantitative estimate of drug-likeness (QED) is 0.837. The Balaban J connectivity index is 1.73. The van der Waals surface area contributed by atoms with E-state index in [4.69, 9.17) is 0 Å². The molecule has 2 N–H and O–H groups in total. The smallest absolute Gasteiger partial charge is 0.251 e. The second-order valence-electron chi connectivity index (χ2n) is 5.27. The van der Waals surface area contributed by atoms with Crippen molar-refractivity contribution in [3.8, 4) is 0 Å². The van der Waals surface area contributed by atoms with E-state index in [0.717, 1.165) is 30.9 Å². The number of likely N-dealkylation sites (tertiary alicyclic amines) is 1. The first-order chi connectivity index (χ1) is 9.79.